The summed E-state index contributed by atoms with van der Waals surface area (Å²) < 4.78 is 10.9. The Labute approximate surface area is 145 Å². The highest BCUT2D eigenvalue weighted by Crippen LogP contribution is 2.26. The van der Waals surface area contributed by atoms with E-state index >= 15 is 0 Å². The first kappa shape index (κ1) is 18.4. The van der Waals surface area contributed by atoms with Crippen LogP contribution in [0.4, 0.5) is 10.5 Å². The van der Waals surface area contributed by atoms with E-state index in [-0.39, 0.29) is 6.09 Å². The molecule has 1 saturated heterocycles. The van der Waals surface area contributed by atoms with Crippen LogP contribution in [0.2, 0.25) is 0 Å². The summed E-state index contributed by atoms with van der Waals surface area (Å²) in [4.78, 5) is 14.1. The zero-order valence-corrected chi connectivity index (χ0v) is 15.5. The second-order valence-electron chi connectivity index (χ2n) is 7.45. The number of carbonyl (C=O) groups is 1. The molecule has 1 aliphatic heterocycles. The molecular weight excluding hydrogens is 304 g/mol. The number of rotatable bonds is 4. The molecule has 1 unspecified atom stereocenters. The number of carbonyl (C=O) groups excluding carboxylic acids is 1. The summed E-state index contributed by atoms with van der Waals surface area (Å²) in [7, 11) is 1.69. The molecule has 1 fully saturated rings. The van der Waals surface area contributed by atoms with Gasteiger partial charge in [-0.15, -0.1) is 0 Å². The first-order valence-electron chi connectivity index (χ1n) is 8.65. The molecule has 134 valence electrons. The van der Waals surface area contributed by atoms with Crippen molar-refractivity contribution in [2.75, 3.05) is 32.1 Å². The number of anilines is 1. The Morgan fingerprint density at radius 1 is 1.38 bits per heavy atom. The molecule has 5 nitrogen and oxygen atoms in total. The van der Waals surface area contributed by atoms with Crippen LogP contribution in [0.1, 0.15) is 39.2 Å². The van der Waals surface area contributed by atoms with Gasteiger partial charge in [0, 0.05) is 30.9 Å². The Balaban J connectivity index is 1.90. The number of nitrogens with one attached hydrogen (secondary N) is 1. The van der Waals surface area contributed by atoms with Crippen LogP contribution >= 0.6 is 0 Å². The van der Waals surface area contributed by atoms with Gasteiger partial charge in [-0.1, -0.05) is 6.07 Å². The summed E-state index contributed by atoms with van der Waals surface area (Å²) in [6.45, 7) is 10.1. The summed E-state index contributed by atoms with van der Waals surface area (Å²) in [6.07, 6.45) is 1.93. The Hall–Kier alpha value is -1.91. The van der Waals surface area contributed by atoms with Crippen LogP contribution in [0.25, 0.3) is 0 Å². The Morgan fingerprint density at radius 2 is 2.12 bits per heavy atom. The number of piperidine rings is 1. The third-order valence-electron chi connectivity index (χ3n) is 4.26. The standard InChI is InChI=1S/C19H30N2O3/c1-14-16(9-6-10-17(14)23-5)20-12-15-8-7-11-21(13-15)18(22)24-19(2,3)4/h6,9-10,15,20H,7-8,11-13H2,1-5H3. The Kier molecular flexibility index (Phi) is 5.97. The van der Waals surface area contributed by atoms with Gasteiger partial charge in [0.2, 0.25) is 0 Å². The lowest BCUT2D eigenvalue weighted by Gasteiger charge is -2.34. The summed E-state index contributed by atoms with van der Waals surface area (Å²) in [5.74, 6) is 1.32. The molecule has 2 rings (SSSR count). The van der Waals surface area contributed by atoms with Gasteiger partial charge in [-0.05, 0) is 58.6 Å². The van der Waals surface area contributed by atoms with Crippen LogP contribution in [-0.4, -0.2) is 43.3 Å². The zero-order valence-electron chi connectivity index (χ0n) is 15.5. The van der Waals surface area contributed by atoms with Gasteiger partial charge in [-0.2, -0.15) is 0 Å². The Morgan fingerprint density at radius 3 is 2.79 bits per heavy atom. The highest BCUT2D eigenvalue weighted by molar-refractivity contribution is 5.68. The largest absolute Gasteiger partial charge is 0.496 e. The fraction of sp³-hybridized carbons (Fsp3) is 0.632. The molecule has 1 amide bonds. The molecule has 24 heavy (non-hydrogen) atoms. The van der Waals surface area contributed by atoms with Crippen LogP contribution in [0.3, 0.4) is 0 Å². The van der Waals surface area contributed by atoms with Gasteiger partial charge in [-0.3, -0.25) is 0 Å². The molecule has 0 radical (unpaired) electrons. The number of nitrogens with zero attached hydrogens (tertiary/aromatic N) is 1. The predicted octanol–water partition coefficient (Wildman–Crippen LogP) is 4.06. The lowest BCUT2D eigenvalue weighted by molar-refractivity contribution is 0.0172. The highest BCUT2D eigenvalue weighted by atomic mass is 16.6. The van der Waals surface area contributed by atoms with Crippen LogP contribution in [0.5, 0.6) is 5.75 Å². The molecule has 1 aliphatic rings. The van der Waals surface area contributed by atoms with Gasteiger partial charge in [-0.25, -0.2) is 4.79 Å². The fourth-order valence-electron chi connectivity index (χ4n) is 3.01. The quantitative estimate of drug-likeness (QED) is 0.902. The Bertz CT molecular complexity index is 566. The van der Waals surface area contributed by atoms with E-state index in [4.69, 9.17) is 9.47 Å². The van der Waals surface area contributed by atoms with E-state index in [1.165, 1.54) is 0 Å². The number of hydrogen-bond donors (Lipinski definition) is 1. The van der Waals surface area contributed by atoms with Gasteiger partial charge in [0.25, 0.3) is 0 Å². The molecule has 1 N–H and O–H groups in total. The number of ether oxygens (including phenoxy) is 2. The molecule has 0 bridgehead atoms. The molecule has 1 aromatic rings. The molecule has 0 saturated carbocycles. The highest BCUT2D eigenvalue weighted by Gasteiger charge is 2.27. The normalized spacial score (nSPS) is 18.2. The van der Waals surface area contributed by atoms with Crippen molar-refractivity contribution in [3.05, 3.63) is 23.8 Å². The van der Waals surface area contributed by atoms with Crippen molar-refractivity contribution in [3.8, 4) is 5.75 Å². The van der Waals surface area contributed by atoms with Crippen molar-refractivity contribution >= 4 is 11.8 Å². The van der Waals surface area contributed by atoms with E-state index in [1.54, 1.807) is 7.11 Å². The maximum Gasteiger partial charge on any atom is 0.410 e. The van der Waals surface area contributed by atoms with Crippen molar-refractivity contribution in [1.29, 1.82) is 0 Å². The van der Waals surface area contributed by atoms with E-state index in [1.807, 2.05) is 37.8 Å². The number of likely N-dealkylation sites (tertiary alicyclic amines) is 1. The van der Waals surface area contributed by atoms with Crippen molar-refractivity contribution in [2.45, 2.75) is 46.1 Å². The van der Waals surface area contributed by atoms with E-state index in [0.717, 1.165) is 49.5 Å². The van der Waals surface area contributed by atoms with Gasteiger partial charge in [0.05, 0.1) is 7.11 Å². The number of methoxy groups -OCH3 is 1. The van der Waals surface area contributed by atoms with E-state index in [9.17, 15) is 4.79 Å². The lowest BCUT2D eigenvalue weighted by Crippen LogP contribution is -2.44. The first-order valence-corrected chi connectivity index (χ1v) is 8.65. The lowest BCUT2D eigenvalue weighted by atomic mass is 9.98. The van der Waals surface area contributed by atoms with Crippen LogP contribution in [0, 0.1) is 12.8 Å². The molecule has 1 heterocycles. The topological polar surface area (TPSA) is 50.8 Å². The van der Waals surface area contributed by atoms with E-state index in [0.29, 0.717) is 5.92 Å². The SMILES string of the molecule is COc1cccc(NCC2CCCN(C(=O)OC(C)(C)C)C2)c1C. The first-order chi connectivity index (χ1) is 11.3. The summed E-state index contributed by atoms with van der Waals surface area (Å²) >= 11 is 0. The van der Waals surface area contributed by atoms with E-state index < -0.39 is 5.60 Å². The molecule has 0 spiro atoms. The van der Waals surface area contributed by atoms with Crippen molar-refractivity contribution in [3.63, 3.8) is 0 Å². The maximum absolute atomic E-state index is 12.2. The van der Waals surface area contributed by atoms with Crippen molar-refractivity contribution in [1.82, 2.24) is 4.90 Å². The molecular formula is C19H30N2O3. The van der Waals surface area contributed by atoms with Crippen molar-refractivity contribution in [2.24, 2.45) is 5.92 Å². The minimum absolute atomic E-state index is 0.204. The van der Waals surface area contributed by atoms with Crippen LogP contribution in [0.15, 0.2) is 18.2 Å². The van der Waals surface area contributed by atoms with Crippen LogP contribution < -0.4 is 10.1 Å². The summed E-state index contributed by atoms with van der Waals surface area (Å²) in [5.41, 5.74) is 1.75. The average Bonchev–Trinajstić information content (AvgIpc) is 2.52. The molecule has 0 aromatic heterocycles. The molecule has 1 atom stereocenters. The molecule has 0 aliphatic carbocycles. The number of amides is 1. The average molecular weight is 334 g/mol. The second-order valence-corrected chi connectivity index (χ2v) is 7.45. The number of benzene rings is 1. The fourth-order valence-corrected chi connectivity index (χ4v) is 3.01. The van der Waals surface area contributed by atoms with Crippen LogP contribution in [-0.2, 0) is 4.74 Å². The smallest absolute Gasteiger partial charge is 0.410 e. The van der Waals surface area contributed by atoms with Gasteiger partial charge < -0.3 is 19.7 Å². The summed E-state index contributed by atoms with van der Waals surface area (Å²) in [6, 6.07) is 6.01. The number of hydrogen-bond acceptors (Lipinski definition) is 4. The minimum atomic E-state index is -0.444. The molecule has 1 aromatic carbocycles. The second kappa shape index (κ2) is 7.77. The summed E-state index contributed by atoms with van der Waals surface area (Å²) in [5, 5.41) is 3.51. The minimum Gasteiger partial charge on any atom is -0.496 e. The van der Waals surface area contributed by atoms with Crippen molar-refractivity contribution < 1.29 is 14.3 Å². The van der Waals surface area contributed by atoms with E-state index in [2.05, 4.69) is 18.3 Å². The van der Waals surface area contributed by atoms with Gasteiger partial charge >= 0.3 is 6.09 Å². The third-order valence-corrected chi connectivity index (χ3v) is 4.26. The third kappa shape index (κ3) is 5.05. The van der Waals surface area contributed by atoms with Gasteiger partial charge in [0.1, 0.15) is 11.4 Å². The maximum atomic E-state index is 12.2. The van der Waals surface area contributed by atoms with Gasteiger partial charge in [0.15, 0.2) is 0 Å². The monoisotopic (exact) mass is 334 g/mol. The molecule has 5 heteroatoms. The zero-order chi connectivity index (χ0) is 17.7. The predicted molar refractivity (Wildman–Crippen MR) is 96.8 cm³/mol.